The van der Waals surface area contributed by atoms with E-state index in [9.17, 15) is 5.11 Å². The minimum atomic E-state index is -0.670. The summed E-state index contributed by atoms with van der Waals surface area (Å²) in [5.41, 5.74) is 0.0837. The Morgan fingerprint density at radius 3 is 2.79 bits per heavy atom. The maximum atomic E-state index is 9.63. The molecule has 0 saturated carbocycles. The molecule has 0 rings (SSSR count). The molecule has 0 aliphatic rings. The van der Waals surface area contributed by atoms with Crippen molar-refractivity contribution in [3.63, 3.8) is 0 Å². The Morgan fingerprint density at radius 1 is 1.64 bits per heavy atom. The third-order valence-electron chi connectivity index (χ3n) is 1.96. The fourth-order valence-electron chi connectivity index (χ4n) is 0.728. The minimum Gasteiger partial charge on any atom is -0.388 e. The molecule has 0 bridgehead atoms. The van der Waals surface area contributed by atoms with Gasteiger partial charge in [-0.3, -0.25) is 5.41 Å². The van der Waals surface area contributed by atoms with E-state index in [2.05, 4.69) is 10.3 Å². The molecule has 0 saturated heterocycles. The Labute approximate surface area is 85.3 Å². The molecular weight excluding hydrogens is 178 g/mol. The maximum absolute atomic E-state index is 9.63. The monoisotopic (exact) mass is 197 g/mol. The van der Waals surface area contributed by atoms with Gasteiger partial charge in [0.2, 0.25) is 0 Å². The van der Waals surface area contributed by atoms with Crippen LogP contribution in [-0.2, 0) is 0 Å². The molecule has 0 aromatic carbocycles. The molecule has 0 aromatic rings. The molecule has 4 heteroatoms. The number of hydrogen-bond donors (Lipinski definition) is 3. The van der Waals surface area contributed by atoms with Crippen molar-refractivity contribution in [2.45, 2.75) is 32.8 Å². The van der Waals surface area contributed by atoms with Crippen molar-refractivity contribution < 1.29 is 5.11 Å². The molecule has 14 heavy (non-hydrogen) atoms. The van der Waals surface area contributed by atoms with Crippen LogP contribution in [0.25, 0.3) is 0 Å². The first-order chi connectivity index (χ1) is 6.52. The van der Waals surface area contributed by atoms with Crippen LogP contribution in [0.2, 0.25) is 0 Å². The Bertz CT molecular complexity index is 232. The maximum Gasteiger partial charge on any atom is 0.107 e. The zero-order valence-corrected chi connectivity index (χ0v) is 9.04. The summed E-state index contributed by atoms with van der Waals surface area (Å²) >= 11 is 0. The second kappa shape index (κ2) is 6.32. The molecule has 0 fully saturated rings. The first kappa shape index (κ1) is 12.8. The topological polar surface area (TPSA) is 68.5 Å². The van der Waals surface area contributed by atoms with Gasteiger partial charge in [0.15, 0.2) is 0 Å². The summed E-state index contributed by atoms with van der Waals surface area (Å²) in [7, 11) is 0. The van der Waals surface area contributed by atoms with E-state index in [1.54, 1.807) is 26.1 Å². The second-order valence-corrected chi connectivity index (χ2v) is 3.46. The molecule has 0 aliphatic heterocycles. The van der Waals surface area contributed by atoms with Crippen molar-refractivity contribution in [2.75, 3.05) is 6.54 Å². The quantitative estimate of drug-likeness (QED) is 0.444. The van der Waals surface area contributed by atoms with Crippen molar-refractivity contribution in [3.05, 3.63) is 12.3 Å². The van der Waals surface area contributed by atoms with Crippen LogP contribution < -0.4 is 5.32 Å². The van der Waals surface area contributed by atoms with Crippen molar-refractivity contribution in [1.29, 1.82) is 5.41 Å². The van der Waals surface area contributed by atoms with E-state index in [0.717, 1.165) is 12.1 Å². The lowest BCUT2D eigenvalue weighted by Crippen LogP contribution is -2.34. The molecule has 0 radical (unpaired) electrons. The van der Waals surface area contributed by atoms with Crippen LogP contribution in [0.4, 0.5) is 0 Å². The molecule has 0 aliphatic carbocycles. The van der Waals surface area contributed by atoms with E-state index in [1.165, 1.54) is 0 Å². The molecule has 0 spiro atoms. The van der Waals surface area contributed by atoms with E-state index < -0.39 is 5.60 Å². The molecule has 0 amide bonds. The van der Waals surface area contributed by atoms with E-state index in [0.29, 0.717) is 13.0 Å². The van der Waals surface area contributed by atoms with Gasteiger partial charge in [-0.25, -0.2) is 4.99 Å². The number of nitrogens with one attached hydrogen (secondary N) is 2. The smallest absolute Gasteiger partial charge is 0.107 e. The first-order valence-corrected chi connectivity index (χ1v) is 4.67. The summed E-state index contributed by atoms with van der Waals surface area (Å²) in [5, 5.41) is 19.3. The van der Waals surface area contributed by atoms with Crippen LogP contribution in [-0.4, -0.2) is 29.3 Å². The summed E-state index contributed by atoms with van der Waals surface area (Å²) in [5.74, 6) is 0. The van der Waals surface area contributed by atoms with E-state index >= 15 is 0 Å². The molecule has 4 nitrogen and oxygen atoms in total. The average Bonchev–Trinajstić information content (AvgIpc) is 2.13. The zero-order valence-electron chi connectivity index (χ0n) is 9.04. The third kappa shape index (κ3) is 6.37. The molecule has 0 aromatic heterocycles. The Hall–Kier alpha value is -1.16. The van der Waals surface area contributed by atoms with E-state index in [-0.39, 0.29) is 0 Å². The fourth-order valence-corrected chi connectivity index (χ4v) is 0.728. The van der Waals surface area contributed by atoms with Gasteiger partial charge in [-0.1, -0.05) is 6.92 Å². The standard InChI is InChI=1S/C10H19N3O/c1-4-10(3,14)7-12-6-5-9(2)13-8-11/h5-6,8,11-12,14H,4,7H2,1-3H3/b6-5+,11-8?,13-9-. The highest BCUT2D eigenvalue weighted by Gasteiger charge is 2.15. The van der Waals surface area contributed by atoms with Crippen molar-refractivity contribution in [2.24, 2.45) is 4.99 Å². The van der Waals surface area contributed by atoms with Gasteiger partial charge in [0, 0.05) is 12.3 Å². The number of allylic oxidation sites excluding steroid dienone is 1. The highest BCUT2D eigenvalue weighted by molar-refractivity contribution is 5.96. The molecule has 0 heterocycles. The van der Waals surface area contributed by atoms with Gasteiger partial charge in [-0.05, 0) is 32.5 Å². The van der Waals surface area contributed by atoms with Gasteiger partial charge in [-0.2, -0.15) is 0 Å². The van der Waals surface area contributed by atoms with E-state index in [4.69, 9.17) is 5.41 Å². The Balaban J connectivity index is 3.84. The minimum absolute atomic E-state index is 0.512. The van der Waals surface area contributed by atoms with Crippen LogP contribution in [0.1, 0.15) is 27.2 Å². The average molecular weight is 197 g/mol. The van der Waals surface area contributed by atoms with Gasteiger partial charge in [0.1, 0.15) is 6.34 Å². The SMILES string of the molecule is CCC(C)(O)CN/C=C/C(C)=N\C=N. The molecule has 80 valence electrons. The summed E-state index contributed by atoms with van der Waals surface area (Å²) in [6.45, 7) is 6.04. The lowest BCUT2D eigenvalue weighted by Gasteiger charge is -2.20. The number of aliphatic hydroxyl groups is 1. The Kier molecular flexibility index (Phi) is 5.79. The summed E-state index contributed by atoms with van der Waals surface area (Å²) in [6.07, 6.45) is 5.20. The van der Waals surface area contributed by atoms with Crippen molar-refractivity contribution >= 4 is 12.1 Å². The molecular formula is C10H19N3O. The third-order valence-corrected chi connectivity index (χ3v) is 1.96. The normalized spacial score (nSPS) is 16.7. The molecule has 3 N–H and O–H groups in total. The number of aliphatic imine (C=N–C) groups is 1. The first-order valence-electron chi connectivity index (χ1n) is 4.67. The number of hydrogen-bond acceptors (Lipinski definition) is 3. The van der Waals surface area contributed by atoms with Crippen LogP contribution in [0.5, 0.6) is 0 Å². The van der Waals surface area contributed by atoms with Gasteiger partial charge in [0.05, 0.1) is 5.60 Å². The van der Waals surface area contributed by atoms with Gasteiger partial charge in [-0.15, -0.1) is 0 Å². The number of nitrogens with zero attached hydrogens (tertiary/aromatic N) is 1. The predicted octanol–water partition coefficient (Wildman–Crippen LogP) is 1.32. The predicted molar refractivity (Wildman–Crippen MR) is 60.0 cm³/mol. The van der Waals surface area contributed by atoms with Gasteiger partial charge >= 0.3 is 0 Å². The van der Waals surface area contributed by atoms with Crippen molar-refractivity contribution in [1.82, 2.24) is 5.32 Å². The lowest BCUT2D eigenvalue weighted by atomic mass is 10.0. The van der Waals surface area contributed by atoms with Crippen LogP contribution in [0.3, 0.4) is 0 Å². The highest BCUT2D eigenvalue weighted by Crippen LogP contribution is 2.05. The summed E-state index contributed by atoms with van der Waals surface area (Å²) < 4.78 is 0. The van der Waals surface area contributed by atoms with E-state index in [1.807, 2.05) is 6.92 Å². The van der Waals surface area contributed by atoms with Crippen LogP contribution in [0, 0.1) is 5.41 Å². The Morgan fingerprint density at radius 2 is 2.29 bits per heavy atom. The molecule has 1 unspecified atom stereocenters. The number of rotatable bonds is 6. The van der Waals surface area contributed by atoms with Crippen LogP contribution >= 0.6 is 0 Å². The van der Waals surface area contributed by atoms with Crippen LogP contribution in [0.15, 0.2) is 17.3 Å². The van der Waals surface area contributed by atoms with Gasteiger partial charge < -0.3 is 10.4 Å². The second-order valence-electron chi connectivity index (χ2n) is 3.46. The highest BCUT2D eigenvalue weighted by atomic mass is 16.3. The largest absolute Gasteiger partial charge is 0.388 e. The van der Waals surface area contributed by atoms with Crippen molar-refractivity contribution in [3.8, 4) is 0 Å². The van der Waals surface area contributed by atoms with Gasteiger partial charge in [0.25, 0.3) is 0 Å². The summed E-state index contributed by atoms with van der Waals surface area (Å²) in [6, 6.07) is 0. The fraction of sp³-hybridized carbons (Fsp3) is 0.600. The summed E-state index contributed by atoms with van der Waals surface area (Å²) in [4.78, 5) is 3.75. The lowest BCUT2D eigenvalue weighted by molar-refractivity contribution is 0.0593. The zero-order chi connectivity index (χ0) is 11.0. The molecule has 1 atom stereocenters.